The number of rotatable bonds is 3. The van der Waals surface area contributed by atoms with Gasteiger partial charge in [-0.15, -0.1) is 0 Å². The molecule has 1 aromatic carbocycles. The Hall–Kier alpha value is -1.52. The highest BCUT2D eigenvalue weighted by Crippen LogP contribution is 2.40. The molecule has 0 aliphatic heterocycles. The van der Waals surface area contributed by atoms with Crippen molar-refractivity contribution in [3.63, 3.8) is 0 Å². The SMILES string of the molecule is COc1ccc2c(c1)C(N)(Cc1c(C)nn(C)c1Cl)CC2. The molecule has 1 unspecified atom stereocenters. The molecule has 3 rings (SSSR count). The van der Waals surface area contributed by atoms with Crippen LogP contribution in [-0.2, 0) is 25.4 Å². The fraction of sp³-hybridized carbons (Fsp3) is 0.438. The molecule has 0 bridgehead atoms. The molecule has 112 valence electrons. The molecular formula is C16H20ClN3O. The third kappa shape index (κ3) is 2.32. The second-order valence-electron chi connectivity index (χ2n) is 5.83. The van der Waals surface area contributed by atoms with E-state index < -0.39 is 5.54 Å². The average Bonchev–Trinajstić information content (AvgIpc) is 2.91. The van der Waals surface area contributed by atoms with E-state index in [9.17, 15) is 0 Å². The monoisotopic (exact) mass is 305 g/mol. The molecule has 21 heavy (non-hydrogen) atoms. The van der Waals surface area contributed by atoms with E-state index in [2.05, 4.69) is 17.2 Å². The normalized spacial score (nSPS) is 20.6. The second kappa shape index (κ2) is 5.04. The molecule has 1 aliphatic carbocycles. The number of nitrogens with zero attached hydrogens (tertiary/aromatic N) is 2. The predicted molar refractivity (Wildman–Crippen MR) is 83.8 cm³/mol. The lowest BCUT2D eigenvalue weighted by atomic mass is 9.86. The first-order valence-corrected chi connectivity index (χ1v) is 7.46. The number of benzene rings is 1. The molecule has 0 fully saturated rings. The van der Waals surface area contributed by atoms with Crippen LogP contribution in [0.3, 0.4) is 0 Å². The van der Waals surface area contributed by atoms with Gasteiger partial charge in [-0.3, -0.25) is 4.68 Å². The minimum atomic E-state index is -0.401. The van der Waals surface area contributed by atoms with Crippen molar-refractivity contribution in [2.45, 2.75) is 31.7 Å². The van der Waals surface area contributed by atoms with E-state index >= 15 is 0 Å². The molecule has 2 aromatic rings. The van der Waals surface area contributed by atoms with E-state index in [1.165, 1.54) is 11.1 Å². The molecular weight excluding hydrogens is 286 g/mol. The summed E-state index contributed by atoms with van der Waals surface area (Å²) in [5.74, 6) is 0.847. The van der Waals surface area contributed by atoms with Gasteiger partial charge in [0.05, 0.1) is 12.8 Å². The van der Waals surface area contributed by atoms with Gasteiger partial charge in [-0.05, 0) is 49.4 Å². The van der Waals surface area contributed by atoms with Crippen LogP contribution in [0.25, 0.3) is 0 Å². The number of aryl methyl sites for hydroxylation is 3. The van der Waals surface area contributed by atoms with Crippen LogP contribution in [0, 0.1) is 6.92 Å². The van der Waals surface area contributed by atoms with Gasteiger partial charge in [-0.2, -0.15) is 5.10 Å². The Morgan fingerprint density at radius 1 is 1.48 bits per heavy atom. The Bertz CT molecular complexity index is 695. The Labute approximate surface area is 129 Å². The molecule has 4 nitrogen and oxygen atoms in total. The number of hydrogen-bond donors (Lipinski definition) is 1. The summed E-state index contributed by atoms with van der Waals surface area (Å²) in [7, 11) is 3.53. The van der Waals surface area contributed by atoms with E-state index in [4.69, 9.17) is 22.1 Å². The summed E-state index contributed by atoms with van der Waals surface area (Å²) < 4.78 is 7.04. The van der Waals surface area contributed by atoms with Crippen LogP contribution in [0.1, 0.15) is 28.8 Å². The highest BCUT2D eigenvalue weighted by molar-refractivity contribution is 6.30. The molecule has 1 aromatic heterocycles. The van der Waals surface area contributed by atoms with Crippen LogP contribution in [0.5, 0.6) is 5.75 Å². The van der Waals surface area contributed by atoms with Gasteiger partial charge in [0.15, 0.2) is 0 Å². The molecule has 0 radical (unpaired) electrons. The Morgan fingerprint density at radius 3 is 2.86 bits per heavy atom. The summed E-state index contributed by atoms with van der Waals surface area (Å²) in [6, 6.07) is 6.16. The average molecular weight is 306 g/mol. The standard InChI is InChI=1S/C16H20ClN3O/c1-10-13(15(17)20(2)19-10)9-16(18)7-6-11-4-5-12(21-3)8-14(11)16/h4-5,8H,6-7,9,18H2,1-3H3. The number of methoxy groups -OCH3 is 1. The van der Waals surface area contributed by atoms with Crippen molar-refractivity contribution in [1.29, 1.82) is 0 Å². The van der Waals surface area contributed by atoms with Crippen LogP contribution in [0.2, 0.25) is 5.15 Å². The second-order valence-corrected chi connectivity index (χ2v) is 6.19. The molecule has 1 atom stereocenters. The van der Waals surface area contributed by atoms with Crippen molar-refractivity contribution in [3.8, 4) is 5.75 Å². The van der Waals surface area contributed by atoms with Crippen molar-refractivity contribution in [3.05, 3.63) is 45.7 Å². The zero-order valence-electron chi connectivity index (χ0n) is 12.6. The summed E-state index contributed by atoms with van der Waals surface area (Å²) in [5.41, 5.74) is 10.8. The lowest BCUT2D eigenvalue weighted by Crippen LogP contribution is -2.36. The third-order valence-electron chi connectivity index (χ3n) is 4.46. The predicted octanol–water partition coefficient (Wildman–Crippen LogP) is 2.73. The van der Waals surface area contributed by atoms with E-state index in [0.717, 1.165) is 29.8 Å². The minimum absolute atomic E-state index is 0.401. The molecule has 0 saturated carbocycles. The first kappa shape index (κ1) is 14.4. The van der Waals surface area contributed by atoms with Gasteiger partial charge in [0, 0.05) is 18.2 Å². The van der Waals surface area contributed by atoms with Gasteiger partial charge in [-0.1, -0.05) is 17.7 Å². The van der Waals surface area contributed by atoms with Crippen molar-refractivity contribution < 1.29 is 4.74 Å². The largest absolute Gasteiger partial charge is 0.497 e. The summed E-state index contributed by atoms with van der Waals surface area (Å²) >= 11 is 6.36. The fourth-order valence-corrected chi connectivity index (χ4v) is 3.47. The Balaban J connectivity index is 2.01. The van der Waals surface area contributed by atoms with Crippen LogP contribution in [-0.4, -0.2) is 16.9 Å². The summed E-state index contributed by atoms with van der Waals surface area (Å²) in [5, 5.41) is 5.05. The number of hydrogen-bond acceptors (Lipinski definition) is 3. The maximum absolute atomic E-state index is 6.72. The molecule has 5 heteroatoms. The van der Waals surface area contributed by atoms with E-state index in [0.29, 0.717) is 11.6 Å². The van der Waals surface area contributed by atoms with Gasteiger partial charge >= 0.3 is 0 Å². The zero-order chi connectivity index (χ0) is 15.2. The lowest BCUT2D eigenvalue weighted by Gasteiger charge is -2.26. The third-order valence-corrected chi connectivity index (χ3v) is 4.93. The molecule has 0 amide bonds. The Morgan fingerprint density at radius 2 is 2.24 bits per heavy atom. The number of nitrogens with two attached hydrogens (primary N) is 1. The maximum atomic E-state index is 6.72. The summed E-state index contributed by atoms with van der Waals surface area (Å²) in [6.45, 7) is 1.98. The van der Waals surface area contributed by atoms with Crippen LogP contribution >= 0.6 is 11.6 Å². The highest BCUT2D eigenvalue weighted by atomic mass is 35.5. The van der Waals surface area contributed by atoms with Gasteiger partial charge in [0.25, 0.3) is 0 Å². The van der Waals surface area contributed by atoms with Crippen LogP contribution < -0.4 is 10.5 Å². The minimum Gasteiger partial charge on any atom is -0.497 e. The molecule has 1 heterocycles. The van der Waals surface area contributed by atoms with Gasteiger partial charge < -0.3 is 10.5 Å². The zero-order valence-corrected chi connectivity index (χ0v) is 13.4. The van der Waals surface area contributed by atoms with E-state index in [1.54, 1.807) is 11.8 Å². The number of fused-ring (bicyclic) bond motifs is 1. The molecule has 2 N–H and O–H groups in total. The maximum Gasteiger partial charge on any atom is 0.130 e. The van der Waals surface area contributed by atoms with Crippen molar-refractivity contribution in [1.82, 2.24) is 9.78 Å². The van der Waals surface area contributed by atoms with Crippen LogP contribution in [0.4, 0.5) is 0 Å². The van der Waals surface area contributed by atoms with Crippen molar-refractivity contribution >= 4 is 11.6 Å². The van der Waals surface area contributed by atoms with Crippen molar-refractivity contribution in [2.75, 3.05) is 7.11 Å². The van der Waals surface area contributed by atoms with Gasteiger partial charge in [0.1, 0.15) is 10.9 Å². The van der Waals surface area contributed by atoms with E-state index in [-0.39, 0.29) is 0 Å². The number of ether oxygens (including phenoxy) is 1. The van der Waals surface area contributed by atoms with Gasteiger partial charge in [0.2, 0.25) is 0 Å². The summed E-state index contributed by atoms with van der Waals surface area (Å²) in [4.78, 5) is 0. The van der Waals surface area contributed by atoms with E-state index in [1.807, 2.05) is 20.0 Å². The highest BCUT2D eigenvalue weighted by Gasteiger charge is 2.37. The smallest absolute Gasteiger partial charge is 0.130 e. The number of aromatic nitrogens is 2. The quantitative estimate of drug-likeness (QED) is 0.948. The fourth-order valence-electron chi connectivity index (χ4n) is 3.23. The molecule has 0 spiro atoms. The van der Waals surface area contributed by atoms with Crippen LogP contribution in [0.15, 0.2) is 18.2 Å². The molecule has 0 saturated heterocycles. The lowest BCUT2D eigenvalue weighted by molar-refractivity contribution is 0.407. The summed E-state index contributed by atoms with van der Waals surface area (Å²) in [6.07, 6.45) is 2.61. The Kier molecular flexibility index (Phi) is 3.46. The number of halogens is 1. The first-order valence-electron chi connectivity index (χ1n) is 7.09. The van der Waals surface area contributed by atoms with Crippen molar-refractivity contribution in [2.24, 2.45) is 12.8 Å². The van der Waals surface area contributed by atoms with Gasteiger partial charge in [-0.25, -0.2) is 0 Å². The topological polar surface area (TPSA) is 53.1 Å². The first-order chi connectivity index (χ1) is 9.94. The molecule has 1 aliphatic rings.